The highest BCUT2D eigenvalue weighted by atomic mass is 32.1. The number of fused-ring (bicyclic) bond motifs is 3. The van der Waals surface area contributed by atoms with E-state index in [1.54, 1.807) is 12.2 Å². The van der Waals surface area contributed by atoms with Crippen molar-refractivity contribution < 1.29 is 19.4 Å². The number of ether oxygens (including phenoxy) is 1. The van der Waals surface area contributed by atoms with Gasteiger partial charge in [0.25, 0.3) is 0 Å². The Balaban J connectivity index is 1.59. The third-order valence-electron chi connectivity index (χ3n) is 4.01. The zero-order valence-electron chi connectivity index (χ0n) is 11.3. The highest BCUT2D eigenvalue weighted by molar-refractivity contribution is 7.22. The lowest BCUT2D eigenvalue weighted by Gasteiger charge is -2.20. The van der Waals surface area contributed by atoms with Crippen molar-refractivity contribution >= 4 is 38.6 Å². The summed E-state index contributed by atoms with van der Waals surface area (Å²) in [6.07, 6.45) is 2.48. The van der Waals surface area contributed by atoms with E-state index < -0.39 is 30.0 Å². The van der Waals surface area contributed by atoms with E-state index in [0.29, 0.717) is 5.13 Å². The summed E-state index contributed by atoms with van der Waals surface area (Å²) in [6, 6.07) is 7.57. The monoisotopic (exact) mass is 316 g/mol. The fourth-order valence-electron chi connectivity index (χ4n) is 3.03. The molecular formula is C15H12N2O4S. The van der Waals surface area contributed by atoms with E-state index in [9.17, 15) is 14.7 Å². The molecule has 0 spiro atoms. The van der Waals surface area contributed by atoms with Crippen LogP contribution in [0.3, 0.4) is 0 Å². The normalized spacial score (nSPS) is 29.1. The molecule has 1 amide bonds. The molecule has 0 aliphatic carbocycles. The average Bonchev–Trinajstić information content (AvgIpc) is 3.19. The van der Waals surface area contributed by atoms with Gasteiger partial charge < -0.3 is 15.2 Å². The maximum Gasteiger partial charge on any atom is 0.310 e. The van der Waals surface area contributed by atoms with Crippen LogP contribution in [-0.4, -0.2) is 34.2 Å². The summed E-state index contributed by atoms with van der Waals surface area (Å²) in [5.41, 5.74) is 0.807. The number of thiazole rings is 1. The van der Waals surface area contributed by atoms with Crippen molar-refractivity contribution in [2.45, 2.75) is 12.2 Å². The Kier molecular flexibility index (Phi) is 2.98. The van der Waals surface area contributed by atoms with E-state index in [2.05, 4.69) is 10.3 Å². The van der Waals surface area contributed by atoms with Gasteiger partial charge in [0.2, 0.25) is 5.91 Å². The molecule has 1 saturated heterocycles. The molecule has 2 aliphatic rings. The quantitative estimate of drug-likeness (QED) is 0.844. The van der Waals surface area contributed by atoms with Crippen LogP contribution in [0.5, 0.6) is 0 Å². The van der Waals surface area contributed by atoms with E-state index in [1.807, 2.05) is 24.3 Å². The predicted octanol–water partition coefficient (Wildman–Crippen LogP) is 1.89. The van der Waals surface area contributed by atoms with Gasteiger partial charge in [-0.25, -0.2) is 4.98 Å². The van der Waals surface area contributed by atoms with Crippen LogP contribution in [-0.2, 0) is 14.3 Å². The van der Waals surface area contributed by atoms with Gasteiger partial charge in [-0.3, -0.25) is 9.59 Å². The Labute approximate surface area is 129 Å². The molecule has 0 saturated carbocycles. The number of aliphatic carboxylic acids is 1. The molecule has 2 aliphatic heterocycles. The molecule has 6 nitrogen and oxygen atoms in total. The molecule has 2 aromatic rings. The molecule has 1 aromatic heterocycles. The summed E-state index contributed by atoms with van der Waals surface area (Å²) in [5.74, 6) is -2.94. The molecule has 2 N–H and O–H groups in total. The summed E-state index contributed by atoms with van der Waals surface area (Å²) in [4.78, 5) is 28.2. The Morgan fingerprint density at radius 1 is 1.18 bits per heavy atom. The topological polar surface area (TPSA) is 88.5 Å². The van der Waals surface area contributed by atoms with Gasteiger partial charge in [0, 0.05) is 0 Å². The van der Waals surface area contributed by atoms with E-state index in [4.69, 9.17) is 4.74 Å². The molecule has 0 radical (unpaired) electrons. The number of amides is 1. The fraction of sp³-hybridized carbons (Fsp3) is 0.267. The number of rotatable bonds is 3. The first-order valence-electron chi connectivity index (χ1n) is 6.86. The van der Waals surface area contributed by atoms with E-state index in [1.165, 1.54) is 11.3 Å². The second kappa shape index (κ2) is 4.89. The number of carbonyl (C=O) groups is 2. The van der Waals surface area contributed by atoms with Gasteiger partial charge in [0.1, 0.15) is 5.92 Å². The van der Waals surface area contributed by atoms with E-state index >= 15 is 0 Å². The van der Waals surface area contributed by atoms with Crippen LogP contribution in [0.25, 0.3) is 10.2 Å². The lowest BCUT2D eigenvalue weighted by atomic mass is 9.82. The molecule has 0 unspecified atom stereocenters. The Bertz CT molecular complexity index is 767. The number of anilines is 1. The number of para-hydroxylation sites is 1. The molecular weight excluding hydrogens is 304 g/mol. The third kappa shape index (κ3) is 2.01. The predicted molar refractivity (Wildman–Crippen MR) is 80.7 cm³/mol. The van der Waals surface area contributed by atoms with E-state index in [-0.39, 0.29) is 5.91 Å². The minimum Gasteiger partial charge on any atom is -0.481 e. The molecule has 3 heterocycles. The van der Waals surface area contributed by atoms with Crippen molar-refractivity contribution in [1.29, 1.82) is 0 Å². The van der Waals surface area contributed by atoms with Crippen molar-refractivity contribution in [2.24, 2.45) is 11.8 Å². The van der Waals surface area contributed by atoms with Gasteiger partial charge in [0.15, 0.2) is 5.13 Å². The first-order chi connectivity index (χ1) is 10.6. The molecule has 112 valence electrons. The number of benzene rings is 1. The second-order valence-electron chi connectivity index (χ2n) is 5.32. The Morgan fingerprint density at radius 3 is 2.64 bits per heavy atom. The zero-order valence-corrected chi connectivity index (χ0v) is 12.1. The number of nitrogens with zero attached hydrogens (tertiary/aromatic N) is 1. The lowest BCUT2D eigenvalue weighted by Crippen LogP contribution is -2.39. The molecule has 1 aromatic carbocycles. The standard InChI is InChI=1S/C15H12N2O4S/c18-13(11-8-5-6-9(21-8)12(11)14(19)20)17-15-16-7-3-1-2-4-10(7)22-15/h1-6,8-9,11-12H,(H,19,20)(H,16,17,18)/t8-,9+,11-,12+/m1/s1. The van der Waals surface area contributed by atoms with Gasteiger partial charge in [0.05, 0.1) is 28.3 Å². The maximum absolute atomic E-state index is 12.5. The second-order valence-corrected chi connectivity index (χ2v) is 6.35. The van der Waals surface area contributed by atoms with Gasteiger partial charge in [-0.2, -0.15) is 0 Å². The third-order valence-corrected chi connectivity index (χ3v) is 4.96. The summed E-state index contributed by atoms with van der Waals surface area (Å²) < 4.78 is 6.48. The number of carboxylic acids is 1. The average molecular weight is 316 g/mol. The van der Waals surface area contributed by atoms with Crippen molar-refractivity contribution in [2.75, 3.05) is 5.32 Å². The highest BCUT2D eigenvalue weighted by Gasteiger charge is 2.53. The lowest BCUT2D eigenvalue weighted by molar-refractivity contribution is -0.145. The van der Waals surface area contributed by atoms with Crippen LogP contribution in [0.2, 0.25) is 0 Å². The largest absolute Gasteiger partial charge is 0.481 e. The Hall–Kier alpha value is -2.25. The summed E-state index contributed by atoms with van der Waals surface area (Å²) in [7, 11) is 0. The molecule has 4 atom stereocenters. The minimum atomic E-state index is -1.01. The Morgan fingerprint density at radius 2 is 1.91 bits per heavy atom. The van der Waals surface area contributed by atoms with E-state index in [0.717, 1.165) is 10.2 Å². The van der Waals surface area contributed by atoms with Crippen molar-refractivity contribution in [3.63, 3.8) is 0 Å². The maximum atomic E-state index is 12.5. The zero-order chi connectivity index (χ0) is 15.3. The smallest absolute Gasteiger partial charge is 0.310 e. The van der Waals surface area contributed by atoms with Crippen LogP contribution in [0.15, 0.2) is 36.4 Å². The summed E-state index contributed by atoms with van der Waals surface area (Å²) in [5, 5.41) is 12.5. The first-order valence-corrected chi connectivity index (χ1v) is 7.68. The minimum absolute atomic E-state index is 0.358. The van der Waals surface area contributed by atoms with Crippen molar-refractivity contribution in [1.82, 2.24) is 4.98 Å². The fourth-order valence-corrected chi connectivity index (χ4v) is 3.90. The number of aromatic nitrogens is 1. The molecule has 4 rings (SSSR count). The molecule has 1 fully saturated rings. The van der Waals surface area contributed by atoms with Gasteiger partial charge in [-0.05, 0) is 12.1 Å². The van der Waals surface area contributed by atoms with Gasteiger partial charge >= 0.3 is 5.97 Å². The van der Waals surface area contributed by atoms with Crippen LogP contribution in [0.1, 0.15) is 0 Å². The van der Waals surface area contributed by atoms with Crippen molar-refractivity contribution in [3.05, 3.63) is 36.4 Å². The van der Waals surface area contributed by atoms with Crippen molar-refractivity contribution in [3.8, 4) is 0 Å². The van der Waals surface area contributed by atoms with Crippen LogP contribution < -0.4 is 5.32 Å². The summed E-state index contributed by atoms with van der Waals surface area (Å²) >= 11 is 1.36. The number of hydrogen-bond donors (Lipinski definition) is 2. The molecule has 22 heavy (non-hydrogen) atoms. The summed E-state index contributed by atoms with van der Waals surface area (Å²) in [6.45, 7) is 0. The number of carbonyl (C=O) groups excluding carboxylic acids is 1. The van der Waals surface area contributed by atoms with Crippen LogP contribution >= 0.6 is 11.3 Å². The number of nitrogens with one attached hydrogen (secondary N) is 1. The number of carboxylic acid groups (broad SMARTS) is 1. The van der Waals surface area contributed by atoms with Gasteiger partial charge in [-0.1, -0.05) is 35.6 Å². The van der Waals surface area contributed by atoms with Gasteiger partial charge in [-0.15, -0.1) is 0 Å². The molecule has 7 heteroatoms. The number of hydrogen-bond acceptors (Lipinski definition) is 5. The first kappa shape index (κ1) is 13.4. The molecule has 2 bridgehead atoms. The van der Waals surface area contributed by atoms with Crippen LogP contribution in [0, 0.1) is 11.8 Å². The van der Waals surface area contributed by atoms with Crippen LogP contribution in [0.4, 0.5) is 5.13 Å². The SMILES string of the molecule is O=C(O)[C@@H]1[C@H](C(=O)Nc2nc3ccccc3s2)[C@H]2C=C[C@@H]1O2. The highest BCUT2D eigenvalue weighted by Crippen LogP contribution is 2.40.